The summed E-state index contributed by atoms with van der Waals surface area (Å²) in [6.07, 6.45) is 1.56. The number of halogens is 2. The molecule has 1 aromatic heterocycles. The van der Waals surface area contributed by atoms with Gasteiger partial charge in [0.05, 0.1) is 12.7 Å². The average molecular weight is 278 g/mol. The Hall–Kier alpha value is -2.50. The van der Waals surface area contributed by atoms with Crippen molar-refractivity contribution in [2.75, 3.05) is 7.11 Å². The lowest BCUT2D eigenvalue weighted by molar-refractivity contribution is 0.0946. The number of methoxy groups -OCH3 is 1. The summed E-state index contributed by atoms with van der Waals surface area (Å²) in [5.41, 5.74) is 0.445. The minimum atomic E-state index is -0.902. The lowest BCUT2D eigenvalue weighted by Crippen LogP contribution is -2.24. The van der Waals surface area contributed by atoms with Gasteiger partial charge in [-0.1, -0.05) is 6.07 Å². The van der Waals surface area contributed by atoms with Crippen molar-refractivity contribution in [2.45, 2.75) is 6.54 Å². The number of hydrogen-bond acceptors (Lipinski definition) is 3. The summed E-state index contributed by atoms with van der Waals surface area (Å²) in [6.45, 7) is 0.132. The van der Waals surface area contributed by atoms with Crippen molar-refractivity contribution in [1.29, 1.82) is 0 Å². The van der Waals surface area contributed by atoms with E-state index in [4.69, 9.17) is 4.74 Å². The Balaban J connectivity index is 2.09. The van der Waals surface area contributed by atoms with Crippen LogP contribution in [0.4, 0.5) is 8.78 Å². The van der Waals surface area contributed by atoms with E-state index in [1.165, 1.54) is 7.11 Å². The molecule has 0 spiro atoms. The Labute approximate surface area is 114 Å². The van der Waals surface area contributed by atoms with Crippen LogP contribution >= 0.6 is 0 Å². The van der Waals surface area contributed by atoms with Gasteiger partial charge in [-0.15, -0.1) is 0 Å². The van der Waals surface area contributed by atoms with Crippen molar-refractivity contribution in [3.63, 3.8) is 0 Å². The minimum Gasteiger partial charge on any atom is -0.481 e. The van der Waals surface area contributed by atoms with Gasteiger partial charge in [0.2, 0.25) is 5.88 Å². The maximum atomic E-state index is 13.4. The molecular formula is C14H12F2N2O2. The molecule has 0 atom stereocenters. The van der Waals surface area contributed by atoms with Crippen LogP contribution in [-0.2, 0) is 6.54 Å². The Morgan fingerprint density at radius 3 is 2.85 bits per heavy atom. The van der Waals surface area contributed by atoms with E-state index in [0.29, 0.717) is 17.5 Å². The molecule has 1 amide bonds. The van der Waals surface area contributed by atoms with Gasteiger partial charge in [0, 0.05) is 24.4 Å². The van der Waals surface area contributed by atoms with Gasteiger partial charge in [-0.05, 0) is 18.2 Å². The van der Waals surface area contributed by atoms with Crippen molar-refractivity contribution in [3.05, 3.63) is 59.3 Å². The van der Waals surface area contributed by atoms with Crippen molar-refractivity contribution < 1.29 is 18.3 Å². The highest BCUT2D eigenvalue weighted by Crippen LogP contribution is 2.14. The average Bonchev–Trinajstić information content (AvgIpc) is 2.45. The molecule has 20 heavy (non-hydrogen) atoms. The lowest BCUT2D eigenvalue weighted by Gasteiger charge is -2.09. The molecule has 1 aromatic carbocycles. The first kappa shape index (κ1) is 13.9. The predicted octanol–water partition coefficient (Wildman–Crippen LogP) is 2.30. The highest BCUT2D eigenvalue weighted by Gasteiger charge is 2.13. The van der Waals surface area contributed by atoms with Gasteiger partial charge in [-0.3, -0.25) is 4.79 Å². The molecule has 2 rings (SSSR count). The van der Waals surface area contributed by atoms with Crippen LogP contribution in [0.5, 0.6) is 5.88 Å². The van der Waals surface area contributed by atoms with Gasteiger partial charge in [-0.2, -0.15) is 0 Å². The van der Waals surface area contributed by atoms with E-state index in [1.54, 1.807) is 18.3 Å². The van der Waals surface area contributed by atoms with E-state index in [1.807, 2.05) is 0 Å². The third kappa shape index (κ3) is 3.09. The summed E-state index contributed by atoms with van der Waals surface area (Å²) in [5.74, 6) is -1.88. The maximum absolute atomic E-state index is 13.4. The monoisotopic (exact) mass is 278 g/mol. The Morgan fingerprint density at radius 2 is 2.15 bits per heavy atom. The molecule has 0 unspecified atom stereocenters. The number of benzene rings is 1. The van der Waals surface area contributed by atoms with Gasteiger partial charge in [-0.25, -0.2) is 13.8 Å². The number of nitrogens with zero attached hydrogens (tertiary/aromatic N) is 1. The number of nitrogens with one attached hydrogen (secondary N) is 1. The van der Waals surface area contributed by atoms with Crippen LogP contribution < -0.4 is 10.1 Å². The van der Waals surface area contributed by atoms with E-state index >= 15 is 0 Å². The van der Waals surface area contributed by atoms with Crippen LogP contribution in [0.3, 0.4) is 0 Å². The second-order valence-electron chi connectivity index (χ2n) is 3.98. The molecule has 6 heteroatoms. The predicted molar refractivity (Wildman–Crippen MR) is 68.3 cm³/mol. The fraction of sp³-hybridized carbons (Fsp3) is 0.143. The van der Waals surface area contributed by atoms with E-state index in [-0.39, 0.29) is 12.1 Å². The molecule has 0 saturated heterocycles. The molecule has 2 aromatic rings. The lowest BCUT2D eigenvalue weighted by atomic mass is 10.2. The minimum absolute atomic E-state index is 0.132. The summed E-state index contributed by atoms with van der Waals surface area (Å²) >= 11 is 0. The zero-order chi connectivity index (χ0) is 14.5. The first-order valence-electron chi connectivity index (χ1n) is 5.83. The Kier molecular flexibility index (Phi) is 4.24. The van der Waals surface area contributed by atoms with E-state index in [0.717, 1.165) is 12.1 Å². The molecule has 0 radical (unpaired) electrons. The summed E-state index contributed by atoms with van der Waals surface area (Å²) in [4.78, 5) is 15.8. The van der Waals surface area contributed by atoms with Crippen molar-refractivity contribution in [1.82, 2.24) is 10.3 Å². The number of ether oxygens (including phenoxy) is 1. The summed E-state index contributed by atoms with van der Waals surface area (Å²) in [6, 6.07) is 6.22. The van der Waals surface area contributed by atoms with Crippen LogP contribution in [-0.4, -0.2) is 18.0 Å². The summed E-state index contributed by atoms with van der Waals surface area (Å²) < 4.78 is 31.2. The fourth-order valence-corrected chi connectivity index (χ4v) is 1.69. The first-order valence-corrected chi connectivity index (χ1v) is 5.83. The fourth-order valence-electron chi connectivity index (χ4n) is 1.69. The molecular weight excluding hydrogens is 266 g/mol. The topological polar surface area (TPSA) is 51.2 Å². The first-order chi connectivity index (χ1) is 9.61. The number of rotatable bonds is 4. The molecule has 0 fully saturated rings. The zero-order valence-electron chi connectivity index (χ0n) is 10.7. The maximum Gasteiger partial charge on any atom is 0.254 e. The SMILES string of the molecule is COc1ncccc1CNC(=O)c1ccc(F)cc1F. The number of carbonyl (C=O) groups is 1. The van der Waals surface area contributed by atoms with Crippen LogP contribution in [0, 0.1) is 11.6 Å². The smallest absolute Gasteiger partial charge is 0.254 e. The van der Waals surface area contributed by atoms with E-state index < -0.39 is 17.5 Å². The van der Waals surface area contributed by atoms with Crippen molar-refractivity contribution in [3.8, 4) is 5.88 Å². The molecule has 1 N–H and O–H groups in total. The summed E-state index contributed by atoms with van der Waals surface area (Å²) in [5, 5.41) is 2.53. The van der Waals surface area contributed by atoms with Gasteiger partial charge in [0.15, 0.2) is 0 Å². The number of carbonyl (C=O) groups excluding carboxylic acids is 1. The standard InChI is InChI=1S/C14H12F2N2O2/c1-20-14-9(3-2-6-17-14)8-18-13(19)11-5-4-10(15)7-12(11)16/h2-7H,8H2,1H3,(H,18,19). The van der Waals surface area contributed by atoms with Gasteiger partial charge < -0.3 is 10.1 Å². The zero-order valence-corrected chi connectivity index (χ0v) is 10.7. The number of aromatic nitrogens is 1. The Morgan fingerprint density at radius 1 is 1.35 bits per heavy atom. The molecule has 0 saturated carbocycles. The molecule has 104 valence electrons. The normalized spacial score (nSPS) is 10.2. The molecule has 4 nitrogen and oxygen atoms in total. The Bertz CT molecular complexity index is 632. The van der Waals surface area contributed by atoms with Crippen LogP contribution in [0.1, 0.15) is 15.9 Å². The van der Waals surface area contributed by atoms with E-state index in [9.17, 15) is 13.6 Å². The summed E-state index contributed by atoms with van der Waals surface area (Å²) in [7, 11) is 1.47. The molecule has 0 aliphatic carbocycles. The second kappa shape index (κ2) is 6.10. The van der Waals surface area contributed by atoms with Gasteiger partial charge >= 0.3 is 0 Å². The van der Waals surface area contributed by atoms with Gasteiger partial charge in [0.25, 0.3) is 5.91 Å². The largest absolute Gasteiger partial charge is 0.481 e. The highest BCUT2D eigenvalue weighted by atomic mass is 19.1. The van der Waals surface area contributed by atoms with Crippen LogP contribution in [0.15, 0.2) is 36.5 Å². The molecule has 1 heterocycles. The second-order valence-corrected chi connectivity index (χ2v) is 3.98. The van der Waals surface area contributed by atoms with Crippen LogP contribution in [0.25, 0.3) is 0 Å². The third-order valence-electron chi connectivity index (χ3n) is 2.66. The molecule has 0 aliphatic rings. The third-order valence-corrected chi connectivity index (χ3v) is 2.66. The van der Waals surface area contributed by atoms with Crippen LogP contribution in [0.2, 0.25) is 0 Å². The molecule has 0 aliphatic heterocycles. The number of pyridine rings is 1. The van der Waals surface area contributed by atoms with Crippen molar-refractivity contribution >= 4 is 5.91 Å². The quantitative estimate of drug-likeness (QED) is 0.933. The van der Waals surface area contributed by atoms with Crippen molar-refractivity contribution in [2.24, 2.45) is 0 Å². The number of amides is 1. The number of hydrogen-bond donors (Lipinski definition) is 1. The van der Waals surface area contributed by atoms with E-state index in [2.05, 4.69) is 10.3 Å². The highest BCUT2D eigenvalue weighted by molar-refractivity contribution is 5.94. The molecule has 0 bridgehead atoms. The van der Waals surface area contributed by atoms with Gasteiger partial charge in [0.1, 0.15) is 11.6 Å².